The summed E-state index contributed by atoms with van der Waals surface area (Å²) >= 11 is 0. The highest BCUT2D eigenvalue weighted by atomic mass is 32.2. The number of hydrogen-bond acceptors (Lipinski definition) is 4. The molecular weight excluding hydrogens is 350 g/mol. The molecule has 0 aliphatic carbocycles. The lowest BCUT2D eigenvalue weighted by Gasteiger charge is -2.45. The van der Waals surface area contributed by atoms with E-state index in [4.69, 9.17) is 9.73 Å². The van der Waals surface area contributed by atoms with Gasteiger partial charge in [0.15, 0.2) is 15.8 Å². The Bertz CT molecular complexity index is 633. The molecule has 0 bridgehead atoms. The number of rotatable bonds is 4. The van der Waals surface area contributed by atoms with Crippen LogP contribution in [0.5, 0.6) is 0 Å². The molecule has 0 saturated carbocycles. The molecule has 3 heterocycles. The highest BCUT2D eigenvalue weighted by Crippen LogP contribution is 2.37. The van der Waals surface area contributed by atoms with Crippen LogP contribution in [0, 0.1) is 11.3 Å². The molecule has 0 aromatic heterocycles. The Morgan fingerprint density at radius 3 is 2.85 bits per heavy atom. The van der Waals surface area contributed by atoms with Crippen LogP contribution in [0.2, 0.25) is 0 Å². The normalized spacial score (nSPS) is 32.0. The van der Waals surface area contributed by atoms with Crippen molar-refractivity contribution >= 4 is 15.8 Å². The number of nitrogens with zero attached hydrogens (tertiary/aromatic N) is 2. The topological polar surface area (TPSA) is 71.0 Å². The Morgan fingerprint density at radius 2 is 2.19 bits per heavy atom. The molecule has 7 heteroatoms. The van der Waals surface area contributed by atoms with Gasteiger partial charge in [0.2, 0.25) is 0 Å². The third-order valence-electron chi connectivity index (χ3n) is 5.74. The van der Waals surface area contributed by atoms with Crippen molar-refractivity contribution in [3.8, 4) is 0 Å². The first-order valence-electron chi connectivity index (χ1n) is 9.83. The van der Waals surface area contributed by atoms with Gasteiger partial charge < -0.3 is 15.0 Å². The number of guanidine groups is 1. The standard InChI is InChI=1S/C19H33N3O3S/c1-16(2)11-20-18(21-12-17-5-10-26(23,24)13-17)22-8-3-6-19(14-22)7-4-9-25-15-19/h17H,1,3-15H2,2H3,(H,20,21). The summed E-state index contributed by atoms with van der Waals surface area (Å²) in [6, 6.07) is 0. The molecule has 3 rings (SSSR count). The first-order valence-corrected chi connectivity index (χ1v) is 11.7. The van der Waals surface area contributed by atoms with E-state index >= 15 is 0 Å². The maximum absolute atomic E-state index is 11.7. The predicted molar refractivity (Wildman–Crippen MR) is 105 cm³/mol. The van der Waals surface area contributed by atoms with Gasteiger partial charge in [-0.2, -0.15) is 0 Å². The largest absolute Gasteiger partial charge is 0.381 e. The van der Waals surface area contributed by atoms with Gasteiger partial charge in [-0.1, -0.05) is 12.2 Å². The average Bonchev–Trinajstić information content (AvgIpc) is 2.94. The number of hydrogen-bond donors (Lipinski definition) is 1. The van der Waals surface area contributed by atoms with Crippen LogP contribution in [0.1, 0.15) is 39.0 Å². The Kier molecular flexibility index (Phi) is 6.28. The maximum atomic E-state index is 11.7. The van der Waals surface area contributed by atoms with Gasteiger partial charge in [-0.15, -0.1) is 0 Å². The summed E-state index contributed by atoms with van der Waals surface area (Å²) in [6.07, 6.45) is 5.48. The molecule has 0 aromatic rings. The van der Waals surface area contributed by atoms with Gasteiger partial charge in [0.1, 0.15) is 0 Å². The number of likely N-dealkylation sites (tertiary alicyclic amines) is 1. The molecule has 0 aromatic carbocycles. The van der Waals surface area contributed by atoms with Gasteiger partial charge in [-0.25, -0.2) is 13.4 Å². The SMILES string of the molecule is C=C(C)CN=C(NCC1CCS(=O)(=O)C1)N1CCCC2(CCCOC2)C1. The molecule has 3 saturated heterocycles. The molecule has 3 fully saturated rings. The fourth-order valence-corrected chi connectivity index (χ4v) is 6.23. The number of ether oxygens (including phenoxy) is 1. The van der Waals surface area contributed by atoms with Crippen LogP contribution in [0.15, 0.2) is 17.1 Å². The monoisotopic (exact) mass is 383 g/mol. The van der Waals surface area contributed by atoms with Crippen molar-refractivity contribution in [3.63, 3.8) is 0 Å². The van der Waals surface area contributed by atoms with Gasteiger partial charge >= 0.3 is 0 Å². The van der Waals surface area contributed by atoms with Crippen LogP contribution in [-0.4, -0.2) is 70.2 Å². The fraction of sp³-hybridized carbons (Fsp3) is 0.842. The quantitative estimate of drug-likeness (QED) is 0.456. The molecule has 3 aliphatic heterocycles. The Balaban J connectivity index is 1.65. The highest BCUT2D eigenvalue weighted by Gasteiger charge is 2.38. The van der Waals surface area contributed by atoms with Crippen molar-refractivity contribution in [1.29, 1.82) is 0 Å². The van der Waals surface area contributed by atoms with Crippen LogP contribution in [-0.2, 0) is 14.6 Å². The lowest BCUT2D eigenvalue weighted by Crippen LogP contribution is -2.53. The number of sulfone groups is 1. The summed E-state index contributed by atoms with van der Waals surface area (Å²) in [5.74, 6) is 1.71. The number of nitrogens with one attached hydrogen (secondary N) is 1. The third-order valence-corrected chi connectivity index (χ3v) is 7.58. The number of aliphatic imine (C=N–C) groups is 1. The van der Waals surface area contributed by atoms with Crippen LogP contribution >= 0.6 is 0 Å². The fourth-order valence-electron chi connectivity index (χ4n) is 4.37. The summed E-state index contributed by atoms with van der Waals surface area (Å²) < 4.78 is 29.2. The molecule has 0 radical (unpaired) electrons. The number of piperidine rings is 1. The lowest BCUT2D eigenvalue weighted by molar-refractivity contribution is -0.0370. The van der Waals surface area contributed by atoms with Gasteiger partial charge in [0.25, 0.3) is 0 Å². The van der Waals surface area contributed by atoms with Crippen molar-refractivity contribution in [2.75, 3.05) is 50.9 Å². The summed E-state index contributed by atoms with van der Waals surface area (Å²) in [7, 11) is -2.84. The molecule has 2 atom stereocenters. The first-order chi connectivity index (χ1) is 12.4. The van der Waals surface area contributed by atoms with Crippen LogP contribution in [0.25, 0.3) is 0 Å². The van der Waals surface area contributed by atoms with Gasteiger partial charge in [0.05, 0.1) is 24.7 Å². The second-order valence-corrected chi connectivity index (χ2v) is 10.7. The summed E-state index contributed by atoms with van der Waals surface area (Å²) in [6.45, 7) is 10.9. The van der Waals surface area contributed by atoms with E-state index in [0.29, 0.717) is 24.6 Å². The zero-order valence-corrected chi connectivity index (χ0v) is 16.8. The molecule has 26 heavy (non-hydrogen) atoms. The molecule has 3 aliphatic rings. The minimum absolute atomic E-state index is 0.187. The molecule has 2 unspecified atom stereocenters. The van der Waals surface area contributed by atoms with Crippen LogP contribution in [0.3, 0.4) is 0 Å². The summed E-state index contributed by atoms with van der Waals surface area (Å²) in [4.78, 5) is 7.12. The lowest BCUT2D eigenvalue weighted by atomic mass is 9.76. The maximum Gasteiger partial charge on any atom is 0.194 e. The van der Waals surface area contributed by atoms with Crippen molar-refractivity contribution in [2.24, 2.45) is 16.3 Å². The second kappa shape index (κ2) is 8.30. The minimum atomic E-state index is -2.84. The highest BCUT2D eigenvalue weighted by molar-refractivity contribution is 7.91. The van der Waals surface area contributed by atoms with E-state index in [-0.39, 0.29) is 11.3 Å². The van der Waals surface area contributed by atoms with Crippen molar-refractivity contribution < 1.29 is 13.2 Å². The molecule has 0 amide bonds. The van der Waals surface area contributed by atoms with Crippen LogP contribution in [0.4, 0.5) is 0 Å². The zero-order chi connectivity index (χ0) is 18.6. The van der Waals surface area contributed by atoms with Gasteiger partial charge in [0, 0.05) is 31.7 Å². The van der Waals surface area contributed by atoms with E-state index in [1.54, 1.807) is 0 Å². The van der Waals surface area contributed by atoms with Gasteiger partial charge in [-0.3, -0.25) is 0 Å². The summed E-state index contributed by atoms with van der Waals surface area (Å²) in [5, 5.41) is 3.48. The van der Waals surface area contributed by atoms with E-state index in [9.17, 15) is 8.42 Å². The average molecular weight is 384 g/mol. The Morgan fingerprint density at radius 1 is 1.38 bits per heavy atom. The van der Waals surface area contributed by atoms with E-state index in [0.717, 1.165) is 57.1 Å². The van der Waals surface area contributed by atoms with Crippen molar-refractivity contribution in [2.45, 2.75) is 39.0 Å². The molecule has 1 N–H and O–H groups in total. The summed E-state index contributed by atoms with van der Waals surface area (Å²) in [5.41, 5.74) is 1.28. The third kappa shape index (κ3) is 5.22. The van der Waals surface area contributed by atoms with Gasteiger partial charge in [-0.05, 0) is 44.9 Å². The Hall–Kier alpha value is -1.08. The smallest absolute Gasteiger partial charge is 0.194 e. The van der Waals surface area contributed by atoms with E-state index < -0.39 is 9.84 Å². The second-order valence-electron chi connectivity index (χ2n) is 8.43. The van der Waals surface area contributed by atoms with Crippen molar-refractivity contribution in [3.05, 3.63) is 12.2 Å². The minimum Gasteiger partial charge on any atom is -0.381 e. The van der Waals surface area contributed by atoms with E-state index in [1.807, 2.05) is 6.92 Å². The molecular formula is C19H33N3O3S. The molecule has 148 valence electrons. The first kappa shape index (κ1) is 19.7. The van der Waals surface area contributed by atoms with E-state index in [2.05, 4.69) is 16.8 Å². The molecule has 1 spiro atoms. The predicted octanol–water partition coefficient (Wildman–Crippen LogP) is 1.84. The molecule has 6 nitrogen and oxygen atoms in total. The van der Waals surface area contributed by atoms with Crippen LogP contribution < -0.4 is 5.32 Å². The Labute approximate surface area is 158 Å². The zero-order valence-electron chi connectivity index (χ0n) is 16.0. The van der Waals surface area contributed by atoms with Crippen molar-refractivity contribution in [1.82, 2.24) is 10.2 Å². The van der Waals surface area contributed by atoms with E-state index in [1.165, 1.54) is 12.8 Å².